The molecule has 2 aromatic carbocycles. The fraction of sp³-hybridized carbons (Fsp3) is 0.348. The molecule has 2 aliphatic rings. The molecule has 5 heteroatoms. The number of Topliss-reactive ketones (excluding diaryl/α,β-unsaturated/α-hetero) is 1. The predicted molar refractivity (Wildman–Crippen MR) is 108 cm³/mol. The highest BCUT2D eigenvalue weighted by molar-refractivity contribution is 6.15. The number of hydrogen-bond donors (Lipinski definition) is 1. The van der Waals surface area contributed by atoms with Gasteiger partial charge in [-0.3, -0.25) is 9.69 Å². The van der Waals surface area contributed by atoms with Crippen molar-refractivity contribution in [1.82, 2.24) is 4.90 Å². The van der Waals surface area contributed by atoms with Crippen LogP contribution in [-0.4, -0.2) is 36.0 Å². The van der Waals surface area contributed by atoms with E-state index in [0.717, 1.165) is 30.8 Å². The molecule has 28 heavy (non-hydrogen) atoms. The maximum Gasteiger partial charge on any atom is 0.231 e. The summed E-state index contributed by atoms with van der Waals surface area (Å²) < 4.78 is 11.1. The number of likely N-dealkylation sites (tertiary alicyclic amines) is 1. The highest BCUT2D eigenvalue weighted by Crippen LogP contribution is 2.40. The van der Waals surface area contributed by atoms with Gasteiger partial charge in [-0.15, -0.1) is 0 Å². The molecule has 0 amide bonds. The average molecular weight is 379 g/mol. The first-order valence-corrected chi connectivity index (χ1v) is 9.70. The van der Waals surface area contributed by atoms with Gasteiger partial charge in [-0.05, 0) is 61.2 Å². The lowest BCUT2D eigenvalue weighted by atomic mass is 9.99. The first-order valence-electron chi connectivity index (χ1n) is 9.70. The summed E-state index contributed by atoms with van der Waals surface area (Å²) in [5, 5.41) is 10.4. The number of methoxy groups -OCH3 is 1. The summed E-state index contributed by atoms with van der Waals surface area (Å²) in [6, 6.07) is 10.7. The maximum atomic E-state index is 12.8. The van der Waals surface area contributed by atoms with Crippen molar-refractivity contribution in [2.45, 2.75) is 26.3 Å². The SMILES string of the molecule is COc1ccc(C=C2Oc3c(ccc(O)c3CN3CCC[C@@H](C)C3)C2=O)cc1. The van der Waals surface area contributed by atoms with Gasteiger partial charge in [0.1, 0.15) is 17.2 Å². The van der Waals surface area contributed by atoms with Crippen molar-refractivity contribution in [3.05, 3.63) is 58.8 Å². The van der Waals surface area contributed by atoms with Gasteiger partial charge in [0.05, 0.1) is 18.2 Å². The van der Waals surface area contributed by atoms with Crippen LogP contribution < -0.4 is 9.47 Å². The number of aromatic hydroxyl groups is 1. The number of ketones is 1. The van der Waals surface area contributed by atoms with E-state index in [9.17, 15) is 9.90 Å². The fourth-order valence-electron chi connectivity index (χ4n) is 3.96. The van der Waals surface area contributed by atoms with Gasteiger partial charge in [-0.1, -0.05) is 19.1 Å². The van der Waals surface area contributed by atoms with Gasteiger partial charge in [0.25, 0.3) is 0 Å². The summed E-state index contributed by atoms with van der Waals surface area (Å²) >= 11 is 0. The van der Waals surface area contributed by atoms with Crippen molar-refractivity contribution in [3.63, 3.8) is 0 Å². The quantitative estimate of drug-likeness (QED) is 0.805. The van der Waals surface area contributed by atoms with Crippen molar-refractivity contribution in [3.8, 4) is 17.2 Å². The Morgan fingerprint density at radius 2 is 2.04 bits per heavy atom. The minimum atomic E-state index is -0.154. The van der Waals surface area contributed by atoms with E-state index in [0.29, 0.717) is 29.3 Å². The van der Waals surface area contributed by atoms with Gasteiger partial charge < -0.3 is 14.6 Å². The lowest BCUT2D eigenvalue weighted by Crippen LogP contribution is -2.33. The zero-order valence-electron chi connectivity index (χ0n) is 16.3. The Kier molecular flexibility index (Phi) is 5.09. The third kappa shape index (κ3) is 3.62. The van der Waals surface area contributed by atoms with Gasteiger partial charge in [0.15, 0.2) is 5.76 Å². The molecule has 1 fully saturated rings. The molecular formula is C23H25NO4. The van der Waals surface area contributed by atoms with E-state index in [1.165, 1.54) is 6.42 Å². The number of carbonyl (C=O) groups is 1. The molecule has 4 rings (SSSR count). The van der Waals surface area contributed by atoms with Crippen molar-refractivity contribution >= 4 is 11.9 Å². The number of ether oxygens (including phenoxy) is 2. The first kappa shape index (κ1) is 18.6. The zero-order valence-corrected chi connectivity index (χ0v) is 16.3. The van der Waals surface area contributed by atoms with Crippen LogP contribution in [0.25, 0.3) is 6.08 Å². The number of nitrogens with zero attached hydrogens (tertiary/aromatic N) is 1. The Bertz CT molecular complexity index is 917. The summed E-state index contributed by atoms with van der Waals surface area (Å²) in [5.41, 5.74) is 2.06. The topological polar surface area (TPSA) is 59.0 Å². The summed E-state index contributed by atoms with van der Waals surface area (Å²) in [6.45, 7) is 4.82. The van der Waals surface area contributed by atoms with Crippen LogP contribution in [0.1, 0.15) is 41.3 Å². The van der Waals surface area contributed by atoms with E-state index in [4.69, 9.17) is 9.47 Å². The van der Waals surface area contributed by atoms with Gasteiger partial charge in [0, 0.05) is 13.1 Å². The monoisotopic (exact) mass is 379 g/mol. The maximum absolute atomic E-state index is 12.8. The van der Waals surface area contributed by atoms with E-state index < -0.39 is 0 Å². The third-order valence-corrected chi connectivity index (χ3v) is 5.45. The molecule has 0 unspecified atom stereocenters. The second kappa shape index (κ2) is 7.68. The largest absolute Gasteiger partial charge is 0.507 e. The molecule has 2 aliphatic heterocycles. The number of phenolic OH excluding ortho intramolecular Hbond substituents is 1. The Labute approximate surface area is 165 Å². The van der Waals surface area contributed by atoms with Gasteiger partial charge >= 0.3 is 0 Å². The van der Waals surface area contributed by atoms with Crippen molar-refractivity contribution in [2.75, 3.05) is 20.2 Å². The molecule has 1 N–H and O–H groups in total. The Balaban J connectivity index is 1.61. The number of carbonyl (C=O) groups excluding carboxylic acids is 1. The molecule has 2 heterocycles. The van der Waals surface area contributed by atoms with Crippen LogP contribution in [0.4, 0.5) is 0 Å². The number of allylic oxidation sites excluding steroid dienone is 1. The molecule has 146 valence electrons. The summed E-state index contributed by atoms with van der Waals surface area (Å²) in [4.78, 5) is 15.1. The molecule has 2 aromatic rings. The molecule has 0 saturated carbocycles. The number of phenols is 1. The standard InChI is InChI=1S/C23H25NO4/c1-15-4-3-11-24(13-15)14-19-20(25)10-9-18-22(26)21(28-23(18)19)12-16-5-7-17(27-2)8-6-16/h5-10,12,15,25H,3-4,11,13-14H2,1-2H3/t15-/m1/s1. The first-order chi connectivity index (χ1) is 13.5. The second-order valence-corrected chi connectivity index (χ2v) is 7.64. The molecule has 1 saturated heterocycles. The van der Waals surface area contributed by atoms with Crippen LogP contribution >= 0.6 is 0 Å². The van der Waals surface area contributed by atoms with Crippen LogP contribution in [0, 0.1) is 5.92 Å². The molecule has 0 spiro atoms. The Morgan fingerprint density at radius 3 is 2.75 bits per heavy atom. The van der Waals surface area contributed by atoms with Crippen LogP contribution in [0.3, 0.4) is 0 Å². The number of rotatable bonds is 4. The predicted octanol–water partition coefficient (Wildman–Crippen LogP) is 4.25. The number of piperidine rings is 1. The van der Waals surface area contributed by atoms with Gasteiger partial charge in [-0.25, -0.2) is 0 Å². The second-order valence-electron chi connectivity index (χ2n) is 7.64. The normalized spacial score (nSPS) is 20.9. The summed E-state index contributed by atoms with van der Waals surface area (Å²) in [7, 11) is 1.62. The number of hydrogen-bond acceptors (Lipinski definition) is 5. The molecule has 0 aliphatic carbocycles. The van der Waals surface area contributed by atoms with E-state index in [-0.39, 0.29) is 17.3 Å². The van der Waals surface area contributed by atoms with Crippen molar-refractivity contribution in [1.29, 1.82) is 0 Å². The number of benzene rings is 2. The molecular weight excluding hydrogens is 354 g/mol. The highest BCUT2D eigenvalue weighted by atomic mass is 16.5. The van der Waals surface area contributed by atoms with E-state index in [1.807, 2.05) is 24.3 Å². The fourth-order valence-corrected chi connectivity index (χ4v) is 3.96. The highest BCUT2D eigenvalue weighted by Gasteiger charge is 2.32. The molecule has 0 bridgehead atoms. The van der Waals surface area contributed by atoms with E-state index >= 15 is 0 Å². The lowest BCUT2D eigenvalue weighted by molar-refractivity contribution is 0.101. The minimum absolute atomic E-state index is 0.154. The number of fused-ring (bicyclic) bond motifs is 1. The van der Waals surface area contributed by atoms with Gasteiger partial charge in [-0.2, -0.15) is 0 Å². The Hall–Kier alpha value is -2.79. The van der Waals surface area contributed by atoms with Crippen LogP contribution in [-0.2, 0) is 6.54 Å². The molecule has 5 nitrogen and oxygen atoms in total. The summed E-state index contributed by atoms with van der Waals surface area (Å²) in [6.07, 6.45) is 4.12. The third-order valence-electron chi connectivity index (χ3n) is 5.45. The van der Waals surface area contributed by atoms with E-state index in [1.54, 1.807) is 25.3 Å². The van der Waals surface area contributed by atoms with E-state index in [2.05, 4.69) is 11.8 Å². The van der Waals surface area contributed by atoms with Crippen LogP contribution in [0.15, 0.2) is 42.2 Å². The van der Waals surface area contributed by atoms with Crippen molar-refractivity contribution < 1.29 is 19.4 Å². The van der Waals surface area contributed by atoms with Crippen LogP contribution in [0.5, 0.6) is 17.2 Å². The molecule has 0 aromatic heterocycles. The lowest BCUT2D eigenvalue weighted by Gasteiger charge is -2.31. The zero-order chi connectivity index (χ0) is 19.7. The molecule has 0 radical (unpaired) electrons. The van der Waals surface area contributed by atoms with Gasteiger partial charge in [0.2, 0.25) is 5.78 Å². The average Bonchev–Trinajstić information content (AvgIpc) is 3.01. The smallest absolute Gasteiger partial charge is 0.231 e. The minimum Gasteiger partial charge on any atom is -0.507 e. The summed E-state index contributed by atoms with van der Waals surface area (Å²) in [5.74, 6) is 2.18. The Morgan fingerprint density at radius 1 is 1.25 bits per heavy atom. The molecule has 1 atom stereocenters. The van der Waals surface area contributed by atoms with Crippen LogP contribution in [0.2, 0.25) is 0 Å². The van der Waals surface area contributed by atoms with Crippen molar-refractivity contribution in [2.24, 2.45) is 5.92 Å².